The first-order valence-electron chi connectivity index (χ1n) is 3.75. The van der Waals surface area contributed by atoms with E-state index in [1.807, 2.05) is 14.0 Å². The number of aldehydes is 1. The van der Waals surface area contributed by atoms with Gasteiger partial charge in [0.15, 0.2) is 0 Å². The zero-order chi connectivity index (χ0) is 8.20. The second-order valence-corrected chi connectivity index (χ2v) is 2.95. The molecule has 0 fully saturated rings. The Hall–Kier alpha value is -0.370. The molecule has 2 atom stereocenters. The summed E-state index contributed by atoms with van der Waals surface area (Å²) < 4.78 is 0. The van der Waals surface area contributed by atoms with Gasteiger partial charge in [0.05, 0.1) is 0 Å². The highest BCUT2D eigenvalue weighted by molar-refractivity contribution is 5.55. The monoisotopic (exact) mass is 143 g/mol. The third kappa shape index (κ3) is 1.81. The van der Waals surface area contributed by atoms with E-state index in [-0.39, 0.29) is 11.5 Å². The minimum atomic E-state index is -0.0260. The number of carbonyl (C=O) groups is 1. The van der Waals surface area contributed by atoms with Crippen LogP contribution in [0.25, 0.3) is 0 Å². The highest BCUT2D eigenvalue weighted by atomic mass is 16.1. The molecule has 0 aromatic rings. The third-order valence-corrected chi connectivity index (χ3v) is 2.51. The number of nitrogens with one attached hydrogen (secondary N) is 1. The van der Waals surface area contributed by atoms with Gasteiger partial charge in [-0.15, -0.1) is 0 Å². The van der Waals surface area contributed by atoms with Crippen molar-refractivity contribution in [3.05, 3.63) is 0 Å². The van der Waals surface area contributed by atoms with Gasteiger partial charge in [-0.25, -0.2) is 0 Å². The van der Waals surface area contributed by atoms with E-state index < -0.39 is 0 Å². The van der Waals surface area contributed by atoms with Crippen LogP contribution in [0.4, 0.5) is 0 Å². The van der Waals surface area contributed by atoms with Crippen molar-refractivity contribution in [1.29, 1.82) is 0 Å². The Morgan fingerprint density at radius 1 is 1.70 bits per heavy atom. The summed E-state index contributed by atoms with van der Waals surface area (Å²) in [5, 5.41) is 3.15. The van der Waals surface area contributed by atoms with E-state index in [1.165, 1.54) is 0 Å². The fourth-order valence-corrected chi connectivity index (χ4v) is 0.877. The standard InChI is InChI=1S/C8H17NO/c1-5-8(3,9-4)7(2)6-10/h6-7,9H,5H2,1-4H3. The first kappa shape index (κ1) is 9.63. The van der Waals surface area contributed by atoms with Gasteiger partial charge in [-0.05, 0) is 20.4 Å². The second-order valence-electron chi connectivity index (χ2n) is 2.95. The van der Waals surface area contributed by atoms with E-state index >= 15 is 0 Å². The molecule has 0 aromatic heterocycles. The molecule has 0 rings (SSSR count). The number of rotatable bonds is 4. The fourth-order valence-electron chi connectivity index (χ4n) is 0.877. The van der Waals surface area contributed by atoms with Crippen LogP contribution in [0, 0.1) is 5.92 Å². The maximum atomic E-state index is 10.4. The normalized spacial score (nSPS) is 19.6. The van der Waals surface area contributed by atoms with Gasteiger partial charge in [0, 0.05) is 11.5 Å². The topological polar surface area (TPSA) is 29.1 Å². The second kappa shape index (κ2) is 3.71. The van der Waals surface area contributed by atoms with E-state index in [2.05, 4.69) is 19.2 Å². The minimum absolute atomic E-state index is 0.0260. The Bertz CT molecular complexity index is 108. The lowest BCUT2D eigenvalue weighted by Crippen LogP contribution is -2.45. The van der Waals surface area contributed by atoms with Crippen LogP contribution >= 0.6 is 0 Å². The molecular formula is C8H17NO. The lowest BCUT2D eigenvalue weighted by atomic mass is 9.86. The molecule has 0 amide bonds. The summed E-state index contributed by atoms with van der Waals surface area (Å²) in [6.07, 6.45) is 1.98. The van der Waals surface area contributed by atoms with Crippen LogP contribution in [0.15, 0.2) is 0 Å². The van der Waals surface area contributed by atoms with Crippen LogP contribution in [0.1, 0.15) is 27.2 Å². The van der Waals surface area contributed by atoms with E-state index in [4.69, 9.17) is 0 Å². The molecule has 0 aliphatic carbocycles. The van der Waals surface area contributed by atoms with E-state index in [1.54, 1.807) is 0 Å². The van der Waals surface area contributed by atoms with Crippen molar-refractivity contribution in [2.24, 2.45) is 5.92 Å². The van der Waals surface area contributed by atoms with Crippen molar-refractivity contribution in [3.8, 4) is 0 Å². The van der Waals surface area contributed by atoms with Crippen molar-refractivity contribution in [2.45, 2.75) is 32.7 Å². The van der Waals surface area contributed by atoms with Crippen LogP contribution in [-0.2, 0) is 4.79 Å². The predicted octanol–water partition coefficient (Wildman–Crippen LogP) is 1.21. The van der Waals surface area contributed by atoms with Crippen molar-refractivity contribution < 1.29 is 4.79 Å². The Kier molecular flexibility index (Phi) is 3.58. The third-order valence-electron chi connectivity index (χ3n) is 2.51. The summed E-state index contributed by atoms with van der Waals surface area (Å²) in [7, 11) is 1.89. The first-order valence-corrected chi connectivity index (χ1v) is 3.75. The van der Waals surface area contributed by atoms with Crippen LogP contribution in [0.5, 0.6) is 0 Å². The molecule has 0 heterocycles. The molecule has 2 heteroatoms. The summed E-state index contributed by atoms with van der Waals surface area (Å²) >= 11 is 0. The van der Waals surface area contributed by atoms with E-state index in [0.29, 0.717) is 0 Å². The van der Waals surface area contributed by atoms with E-state index in [0.717, 1.165) is 12.7 Å². The molecule has 1 N–H and O–H groups in total. The van der Waals surface area contributed by atoms with Crippen LogP contribution in [-0.4, -0.2) is 18.9 Å². The van der Waals surface area contributed by atoms with Crippen molar-refractivity contribution in [2.75, 3.05) is 7.05 Å². The molecule has 60 valence electrons. The maximum Gasteiger partial charge on any atom is 0.124 e. The molecule has 0 bridgehead atoms. The number of hydrogen-bond acceptors (Lipinski definition) is 2. The molecule has 0 aliphatic heterocycles. The molecule has 0 aliphatic rings. The molecule has 0 aromatic carbocycles. The first-order chi connectivity index (χ1) is 4.60. The van der Waals surface area contributed by atoms with Gasteiger partial charge in [0.1, 0.15) is 6.29 Å². The van der Waals surface area contributed by atoms with Gasteiger partial charge in [-0.2, -0.15) is 0 Å². The lowest BCUT2D eigenvalue weighted by molar-refractivity contribution is -0.112. The van der Waals surface area contributed by atoms with Crippen molar-refractivity contribution in [1.82, 2.24) is 5.32 Å². The summed E-state index contributed by atoms with van der Waals surface area (Å²) in [6, 6.07) is 0. The van der Waals surface area contributed by atoms with Gasteiger partial charge < -0.3 is 10.1 Å². The minimum Gasteiger partial charge on any atom is -0.314 e. The van der Waals surface area contributed by atoms with Gasteiger partial charge in [-0.1, -0.05) is 13.8 Å². The average Bonchev–Trinajstić information content (AvgIpc) is 2.01. The Morgan fingerprint density at radius 3 is 2.30 bits per heavy atom. The summed E-state index contributed by atoms with van der Waals surface area (Å²) in [5.74, 6) is 0.0856. The maximum absolute atomic E-state index is 10.4. The zero-order valence-electron chi connectivity index (χ0n) is 7.27. The summed E-state index contributed by atoms with van der Waals surface area (Å²) in [4.78, 5) is 10.4. The lowest BCUT2D eigenvalue weighted by Gasteiger charge is -2.31. The summed E-state index contributed by atoms with van der Waals surface area (Å²) in [6.45, 7) is 6.08. The number of hydrogen-bond donors (Lipinski definition) is 1. The van der Waals surface area contributed by atoms with Crippen LogP contribution in [0.2, 0.25) is 0 Å². The van der Waals surface area contributed by atoms with Gasteiger partial charge in [0.25, 0.3) is 0 Å². The van der Waals surface area contributed by atoms with Gasteiger partial charge in [-0.3, -0.25) is 0 Å². The zero-order valence-corrected chi connectivity index (χ0v) is 7.27. The molecule has 2 nitrogen and oxygen atoms in total. The van der Waals surface area contributed by atoms with E-state index in [9.17, 15) is 4.79 Å². The molecule has 10 heavy (non-hydrogen) atoms. The predicted molar refractivity (Wildman–Crippen MR) is 43.0 cm³/mol. The molecule has 0 saturated heterocycles. The van der Waals surface area contributed by atoms with Gasteiger partial charge >= 0.3 is 0 Å². The molecular weight excluding hydrogens is 126 g/mol. The Morgan fingerprint density at radius 2 is 2.20 bits per heavy atom. The highest BCUT2D eigenvalue weighted by Crippen LogP contribution is 2.17. The number of carbonyl (C=O) groups excluding carboxylic acids is 1. The molecule has 0 spiro atoms. The molecule has 0 radical (unpaired) electrons. The van der Waals surface area contributed by atoms with Crippen molar-refractivity contribution in [3.63, 3.8) is 0 Å². The Labute approximate surface area is 63.0 Å². The van der Waals surface area contributed by atoms with Crippen LogP contribution in [0.3, 0.4) is 0 Å². The molecule has 2 unspecified atom stereocenters. The Balaban J connectivity index is 4.15. The molecule has 0 saturated carbocycles. The van der Waals surface area contributed by atoms with Crippen LogP contribution < -0.4 is 5.32 Å². The van der Waals surface area contributed by atoms with Crippen molar-refractivity contribution >= 4 is 6.29 Å². The largest absolute Gasteiger partial charge is 0.314 e. The smallest absolute Gasteiger partial charge is 0.124 e. The van der Waals surface area contributed by atoms with Gasteiger partial charge in [0.2, 0.25) is 0 Å². The summed E-state index contributed by atoms with van der Waals surface area (Å²) in [5.41, 5.74) is -0.0260. The quantitative estimate of drug-likeness (QED) is 0.599. The highest BCUT2D eigenvalue weighted by Gasteiger charge is 2.26. The SMILES string of the molecule is CCC(C)(NC)C(C)C=O. The average molecular weight is 143 g/mol. The fraction of sp³-hybridized carbons (Fsp3) is 0.875.